The third kappa shape index (κ3) is 3.35. The Balaban J connectivity index is 3.08. The summed E-state index contributed by atoms with van der Waals surface area (Å²) >= 11 is 0. The fourth-order valence-corrected chi connectivity index (χ4v) is 2.27. The van der Waals surface area contributed by atoms with Crippen molar-refractivity contribution >= 4 is 11.8 Å². The van der Waals surface area contributed by atoms with Crippen LogP contribution in [-0.4, -0.2) is 40.8 Å². The predicted molar refractivity (Wildman–Crippen MR) is 73.8 cm³/mol. The number of Topliss-reactive ketones (excluding diaryl/α,β-unsaturated/α-hetero) is 1. The summed E-state index contributed by atoms with van der Waals surface area (Å²) in [6.07, 6.45) is 0.970. The van der Waals surface area contributed by atoms with Gasteiger partial charge in [-0.15, -0.1) is 0 Å². The van der Waals surface area contributed by atoms with Crippen LogP contribution in [0.25, 0.3) is 0 Å². The number of allylic oxidation sites excluding steroid dienone is 1. The summed E-state index contributed by atoms with van der Waals surface area (Å²) in [6, 6.07) is 0. The summed E-state index contributed by atoms with van der Waals surface area (Å²) in [5.74, 6) is -1.57. The van der Waals surface area contributed by atoms with E-state index in [0.29, 0.717) is 5.57 Å². The first-order valence-electron chi connectivity index (χ1n) is 6.71. The van der Waals surface area contributed by atoms with Gasteiger partial charge in [0.05, 0.1) is 12.7 Å². The second-order valence-electron chi connectivity index (χ2n) is 5.32. The van der Waals surface area contributed by atoms with Crippen molar-refractivity contribution in [3.8, 4) is 0 Å². The van der Waals surface area contributed by atoms with Crippen molar-refractivity contribution in [3.63, 3.8) is 0 Å². The van der Waals surface area contributed by atoms with Gasteiger partial charge in [0.25, 0.3) is 0 Å². The molecule has 0 saturated heterocycles. The SMILES string of the molecule is CC=C(C)C(=O)OC1C(=O)C(CO)=CC(O)C1C(C)C. The van der Waals surface area contributed by atoms with Gasteiger partial charge < -0.3 is 14.9 Å². The summed E-state index contributed by atoms with van der Waals surface area (Å²) < 4.78 is 5.26. The Morgan fingerprint density at radius 2 is 2.10 bits per heavy atom. The van der Waals surface area contributed by atoms with E-state index >= 15 is 0 Å². The fourth-order valence-electron chi connectivity index (χ4n) is 2.27. The molecule has 1 aliphatic rings. The molecule has 0 spiro atoms. The highest BCUT2D eigenvalue weighted by molar-refractivity contribution is 6.02. The van der Waals surface area contributed by atoms with Crippen LogP contribution in [0.4, 0.5) is 0 Å². The topological polar surface area (TPSA) is 83.8 Å². The molecule has 3 atom stereocenters. The Morgan fingerprint density at radius 1 is 1.50 bits per heavy atom. The maximum absolute atomic E-state index is 12.2. The molecule has 0 amide bonds. The first kappa shape index (κ1) is 16.6. The molecule has 1 aliphatic carbocycles. The van der Waals surface area contributed by atoms with Gasteiger partial charge in [-0.05, 0) is 25.8 Å². The molecule has 0 fully saturated rings. The highest BCUT2D eigenvalue weighted by atomic mass is 16.5. The normalized spacial score (nSPS) is 27.6. The molecule has 0 aromatic heterocycles. The highest BCUT2D eigenvalue weighted by Crippen LogP contribution is 2.30. The van der Waals surface area contributed by atoms with E-state index in [1.807, 2.05) is 13.8 Å². The molecule has 2 N–H and O–H groups in total. The van der Waals surface area contributed by atoms with Gasteiger partial charge in [0.2, 0.25) is 5.78 Å². The maximum Gasteiger partial charge on any atom is 0.334 e. The van der Waals surface area contributed by atoms with E-state index in [1.165, 1.54) is 6.08 Å². The van der Waals surface area contributed by atoms with Crippen LogP contribution in [0.1, 0.15) is 27.7 Å². The number of carbonyl (C=O) groups is 2. The number of rotatable bonds is 4. The van der Waals surface area contributed by atoms with Gasteiger partial charge in [0.1, 0.15) is 0 Å². The minimum absolute atomic E-state index is 0.0471. The first-order valence-corrected chi connectivity index (χ1v) is 6.71. The van der Waals surface area contributed by atoms with Crippen molar-refractivity contribution in [2.75, 3.05) is 6.61 Å². The van der Waals surface area contributed by atoms with Crippen LogP contribution in [0, 0.1) is 11.8 Å². The Labute approximate surface area is 118 Å². The number of ether oxygens (including phenoxy) is 1. The van der Waals surface area contributed by atoms with Gasteiger partial charge in [-0.3, -0.25) is 4.79 Å². The average molecular weight is 282 g/mol. The van der Waals surface area contributed by atoms with Crippen LogP contribution in [-0.2, 0) is 14.3 Å². The van der Waals surface area contributed by atoms with Crippen LogP contribution >= 0.6 is 0 Å². The van der Waals surface area contributed by atoms with Crippen molar-refractivity contribution in [1.29, 1.82) is 0 Å². The smallest absolute Gasteiger partial charge is 0.334 e. The molecule has 0 aliphatic heterocycles. The lowest BCUT2D eigenvalue weighted by Gasteiger charge is -2.35. The minimum atomic E-state index is -1.06. The second kappa shape index (κ2) is 6.81. The maximum atomic E-state index is 12.2. The number of carbonyl (C=O) groups excluding carboxylic acids is 2. The summed E-state index contributed by atoms with van der Waals surface area (Å²) in [7, 11) is 0. The zero-order valence-electron chi connectivity index (χ0n) is 12.3. The largest absolute Gasteiger partial charge is 0.450 e. The summed E-state index contributed by atoms with van der Waals surface area (Å²) in [5, 5.41) is 19.3. The lowest BCUT2D eigenvalue weighted by molar-refractivity contribution is -0.158. The number of aliphatic hydroxyl groups is 2. The third-order valence-corrected chi connectivity index (χ3v) is 3.62. The quantitative estimate of drug-likeness (QED) is 0.593. The van der Waals surface area contributed by atoms with Crippen LogP contribution in [0.15, 0.2) is 23.3 Å². The number of hydrogen-bond donors (Lipinski definition) is 2. The molecule has 0 radical (unpaired) electrons. The fraction of sp³-hybridized carbons (Fsp3) is 0.600. The molecule has 3 unspecified atom stereocenters. The van der Waals surface area contributed by atoms with E-state index in [4.69, 9.17) is 9.84 Å². The Hall–Kier alpha value is -1.46. The van der Waals surface area contributed by atoms with Crippen molar-refractivity contribution in [3.05, 3.63) is 23.3 Å². The summed E-state index contributed by atoms with van der Waals surface area (Å²) in [4.78, 5) is 24.1. The van der Waals surface area contributed by atoms with Crippen molar-refractivity contribution in [1.82, 2.24) is 0 Å². The lowest BCUT2D eigenvalue weighted by Crippen LogP contribution is -2.47. The van der Waals surface area contributed by atoms with E-state index in [9.17, 15) is 14.7 Å². The number of aliphatic hydroxyl groups excluding tert-OH is 2. The number of hydrogen-bond acceptors (Lipinski definition) is 5. The van der Waals surface area contributed by atoms with Crippen LogP contribution in [0.5, 0.6) is 0 Å². The van der Waals surface area contributed by atoms with Gasteiger partial charge in [0.15, 0.2) is 6.10 Å². The van der Waals surface area contributed by atoms with Gasteiger partial charge >= 0.3 is 5.97 Å². The molecule has 5 heteroatoms. The van der Waals surface area contributed by atoms with Gasteiger partial charge in [0, 0.05) is 17.1 Å². The molecule has 0 bridgehead atoms. The van der Waals surface area contributed by atoms with Crippen LogP contribution in [0.3, 0.4) is 0 Å². The molecule has 0 aromatic rings. The zero-order valence-corrected chi connectivity index (χ0v) is 12.3. The second-order valence-corrected chi connectivity index (χ2v) is 5.32. The molecule has 112 valence electrons. The molecule has 5 nitrogen and oxygen atoms in total. The monoisotopic (exact) mass is 282 g/mol. The highest BCUT2D eigenvalue weighted by Gasteiger charge is 2.42. The molecule has 0 saturated carbocycles. The van der Waals surface area contributed by atoms with Crippen LogP contribution in [0.2, 0.25) is 0 Å². The zero-order chi connectivity index (χ0) is 15.4. The Kier molecular flexibility index (Phi) is 5.65. The standard InChI is InChI=1S/C15H22O5/c1-5-9(4)15(19)20-14-12(8(2)3)11(17)6-10(7-16)13(14)18/h5-6,8,11-12,14,16-17H,7H2,1-4H3. The Morgan fingerprint density at radius 3 is 2.55 bits per heavy atom. The van der Waals surface area contributed by atoms with E-state index in [1.54, 1.807) is 19.9 Å². The van der Waals surface area contributed by atoms with Crippen molar-refractivity contribution in [2.24, 2.45) is 11.8 Å². The molecular formula is C15H22O5. The third-order valence-electron chi connectivity index (χ3n) is 3.62. The van der Waals surface area contributed by atoms with Crippen molar-refractivity contribution in [2.45, 2.75) is 39.9 Å². The first-order chi connectivity index (χ1) is 9.33. The molecular weight excluding hydrogens is 260 g/mol. The average Bonchev–Trinajstić information content (AvgIpc) is 2.40. The van der Waals surface area contributed by atoms with Gasteiger partial charge in [-0.25, -0.2) is 4.79 Å². The predicted octanol–water partition coefficient (Wildman–Crippen LogP) is 0.999. The van der Waals surface area contributed by atoms with E-state index in [-0.39, 0.29) is 11.5 Å². The van der Waals surface area contributed by atoms with Crippen molar-refractivity contribution < 1.29 is 24.5 Å². The minimum Gasteiger partial charge on any atom is -0.450 e. The Bertz CT molecular complexity index is 447. The number of ketones is 1. The number of esters is 1. The summed E-state index contributed by atoms with van der Waals surface area (Å²) in [6.45, 7) is 6.52. The molecule has 0 aromatic carbocycles. The molecule has 0 heterocycles. The van der Waals surface area contributed by atoms with E-state index < -0.39 is 36.5 Å². The molecule has 1 rings (SSSR count). The molecule has 20 heavy (non-hydrogen) atoms. The van der Waals surface area contributed by atoms with Gasteiger partial charge in [-0.2, -0.15) is 0 Å². The summed E-state index contributed by atoms with van der Waals surface area (Å²) in [5.41, 5.74) is 0.486. The van der Waals surface area contributed by atoms with Gasteiger partial charge in [-0.1, -0.05) is 19.9 Å². The van der Waals surface area contributed by atoms with Crippen LogP contribution < -0.4 is 0 Å². The van der Waals surface area contributed by atoms with E-state index in [2.05, 4.69) is 0 Å². The van der Waals surface area contributed by atoms with E-state index in [0.717, 1.165) is 0 Å². The lowest BCUT2D eigenvalue weighted by atomic mass is 9.77.